The Morgan fingerprint density at radius 3 is 2.50 bits per heavy atom. The highest BCUT2D eigenvalue weighted by molar-refractivity contribution is 4.63. The van der Waals surface area contributed by atoms with E-state index in [0.717, 1.165) is 25.9 Å². The van der Waals surface area contributed by atoms with Gasteiger partial charge in [-0.15, -0.1) is 0 Å². The lowest BCUT2D eigenvalue weighted by molar-refractivity contribution is 0.0987. The van der Waals surface area contributed by atoms with Gasteiger partial charge in [-0.05, 0) is 39.9 Å². The van der Waals surface area contributed by atoms with E-state index in [1.807, 2.05) is 0 Å². The van der Waals surface area contributed by atoms with Crippen molar-refractivity contribution in [1.29, 1.82) is 0 Å². The Morgan fingerprint density at radius 2 is 2.00 bits per heavy atom. The Kier molecular flexibility index (Phi) is 7.99. The maximum atomic E-state index is 12.0. The maximum Gasteiger partial charge on any atom is 0.251 e. The van der Waals surface area contributed by atoms with Gasteiger partial charge in [-0.2, -0.15) is 0 Å². The molecule has 1 N–H and O–H groups in total. The van der Waals surface area contributed by atoms with E-state index in [9.17, 15) is 8.78 Å². The Balaban J connectivity index is 3.40. The molecule has 0 aliphatic carbocycles. The van der Waals surface area contributed by atoms with Crippen molar-refractivity contribution in [2.75, 3.05) is 26.7 Å². The van der Waals surface area contributed by atoms with Crippen LogP contribution in [0.2, 0.25) is 0 Å². The molecular weight excluding hydrogens is 186 g/mol. The van der Waals surface area contributed by atoms with Crippen molar-refractivity contribution >= 4 is 0 Å². The van der Waals surface area contributed by atoms with Gasteiger partial charge in [-0.3, -0.25) is 0 Å². The predicted molar refractivity (Wildman–Crippen MR) is 55.9 cm³/mol. The molecule has 0 radical (unpaired) electrons. The summed E-state index contributed by atoms with van der Waals surface area (Å²) in [5, 5.41) is 3.33. The standard InChI is InChI=1S/C10H22F2N2/c1-4-6-13-9(2)5-7-14(3)8-10(11)12/h9-10,13H,4-8H2,1-3H3. The summed E-state index contributed by atoms with van der Waals surface area (Å²) in [5.41, 5.74) is 0. The second kappa shape index (κ2) is 8.12. The average molecular weight is 208 g/mol. The van der Waals surface area contributed by atoms with Gasteiger partial charge < -0.3 is 10.2 Å². The van der Waals surface area contributed by atoms with Crippen molar-refractivity contribution in [2.45, 2.75) is 39.2 Å². The molecular formula is C10H22F2N2. The molecule has 0 bridgehead atoms. The minimum Gasteiger partial charge on any atom is -0.314 e. The highest BCUT2D eigenvalue weighted by atomic mass is 19.3. The minimum atomic E-state index is -2.22. The fourth-order valence-electron chi connectivity index (χ4n) is 1.23. The molecule has 0 fully saturated rings. The molecule has 1 atom stereocenters. The summed E-state index contributed by atoms with van der Waals surface area (Å²) in [6, 6.07) is 0.412. The largest absolute Gasteiger partial charge is 0.314 e. The molecule has 4 heteroatoms. The number of halogens is 2. The van der Waals surface area contributed by atoms with Gasteiger partial charge in [0.1, 0.15) is 0 Å². The first-order valence-electron chi connectivity index (χ1n) is 5.26. The summed E-state index contributed by atoms with van der Waals surface area (Å²) in [4.78, 5) is 1.68. The Bertz CT molecular complexity index is 131. The third kappa shape index (κ3) is 8.38. The second-order valence-corrected chi connectivity index (χ2v) is 3.80. The molecule has 0 heterocycles. The van der Waals surface area contributed by atoms with Crippen LogP contribution in [0.1, 0.15) is 26.7 Å². The summed E-state index contributed by atoms with van der Waals surface area (Å²) in [7, 11) is 1.73. The van der Waals surface area contributed by atoms with Crippen molar-refractivity contribution in [3.63, 3.8) is 0 Å². The molecule has 0 aliphatic heterocycles. The molecule has 0 saturated heterocycles. The van der Waals surface area contributed by atoms with Crippen molar-refractivity contribution in [1.82, 2.24) is 10.2 Å². The smallest absolute Gasteiger partial charge is 0.251 e. The van der Waals surface area contributed by atoms with Gasteiger partial charge >= 0.3 is 0 Å². The number of alkyl halides is 2. The normalized spacial score (nSPS) is 13.9. The predicted octanol–water partition coefficient (Wildman–Crippen LogP) is 1.96. The van der Waals surface area contributed by atoms with E-state index in [-0.39, 0.29) is 6.54 Å². The maximum absolute atomic E-state index is 12.0. The number of rotatable bonds is 8. The van der Waals surface area contributed by atoms with Crippen LogP contribution in [-0.2, 0) is 0 Å². The number of hydrogen-bond acceptors (Lipinski definition) is 2. The molecule has 0 rings (SSSR count). The molecule has 14 heavy (non-hydrogen) atoms. The first-order valence-corrected chi connectivity index (χ1v) is 5.26. The fourth-order valence-corrected chi connectivity index (χ4v) is 1.23. The second-order valence-electron chi connectivity index (χ2n) is 3.80. The molecule has 0 saturated carbocycles. The Morgan fingerprint density at radius 1 is 1.36 bits per heavy atom. The molecule has 1 unspecified atom stereocenters. The highest BCUT2D eigenvalue weighted by Gasteiger charge is 2.08. The molecule has 0 aromatic heterocycles. The zero-order chi connectivity index (χ0) is 11.0. The van der Waals surface area contributed by atoms with E-state index in [1.165, 1.54) is 0 Å². The molecule has 0 amide bonds. The third-order valence-electron chi connectivity index (χ3n) is 2.14. The molecule has 0 aliphatic rings. The van der Waals surface area contributed by atoms with Gasteiger partial charge in [0.25, 0.3) is 6.43 Å². The van der Waals surface area contributed by atoms with Crippen LogP contribution in [0.5, 0.6) is 0 Å². The quantitative estimate of drug-likeness (QED) is 0.656. The number of nitrogens with zero attached hydrogens (tertiary/aromatic N) is 1. The fraction of sp³-hybridized carbons (Fsp3) is 1.00. The number of nitrogens with one attached hydrogen (secondary N) is 1. The first kappa shape index (κ1) is 13.8. The Labute approximate surface area is 85.7 Å². The van der Waals surface area contributed by atoms with Crippen LogP contribution in [0.4, 0.5) is 8.78 Å². The van der Waals surface area contributed by atoms with E-state index >= 15 is 0 Å². The molecule has 0 spiro atoms. The van der Waals surface area contributed by atoms with Crippen LogP contribution in [0.15, 0.2) is 0 Å². The van der Waals surface area contributed by atoms with E-state index in [2.05, 4.69) is 19.2 Å². The monoisotopic (exact) mass is 208 g/mol. The summed E-state index contributed by atoms with van der Waals surface area (Å²) >= 11 is 0. The van der Waals surface area contributed by atoms with Crippen molar-refractivity contribution in [3.8, 4) is 0 Å². The van der Waals surface area contributed by atoms with E-state index in [4.69, 9.17) is 0 Å². The van der Waals surface area contributed by atoms with Crippen LogP contribution < -0.4 is 5.32 Å². The summed E-state index contributed by atoms with van der Waals surface area (Å²) < 4.78 is 23.9. The minimum absolute atomic E-state index is 0.125. The summed E-state index contributed by atoms with van der Waals surface area (Å²) in [5.74, 6) is 0. The SMILES string of the molecule is CCCNC(C)CCN(C)CC(F)F. The van der Waals surface area contributed by atoms with Crippen molar-refractivity contribution in [3.05, 3.63) is 0 Å². The van der Waals surface area contributed by atoms with Crippen molar-refractivity contribution in [2.24, 2.45) is 0 Å². The van der Waals surface area contributed by atoms with E-state index < -0.39 is 6.43 Å². The first-order chi connectivity index (χ1) is 6.56. The highest BCUT2D eigenvalue weighted by Crippen LogP contribution is 1.98. The Hall–Kier alpha value is -0.220. The van der Waals surface area contributed by atoms with E-state index in [0.29, 0.717) is 6.04 Å². The lowest BCUT2D eigenvalue weighted by Gasteiger charge is -2.19. The van der Waals surface area contributed by atoms with Gasteiger partial charge in [0.05, 0.1) is 6.54 Å². The average Bonchev–Trinajstić information content (AvgIpc) is 2.10. The summed E-state index contributed by atoms with van der Waals surface area (Å²) in [6.45, 7) is 5.80. The van der Waals surface area contributed by atoms with Crippen LogP contribution in [0.3, 0.4) is 0 Å². The van der Waals surface area contributed by atoms with Gasteiger partial charge in [-0.25, -0.2) is 8.78 Å². The van der Waals surface area contributed by atoms with Gasteiger partial charge in [-0.1, -0.05) is 6.92 Å². The molecule has 0 aromatic carbocycles. The van der Waals surface area contributed by atoms with Gasteiger partial charge in [0, 0.05) is 6.04 Å². The van der Waals surface area contributed by atoms with Gasteiger partial charge in [0.15, 0.2) is 0 Å². The van der Waals surface area contributed by atoms with Crippen LogP contribution in [-0.4, -0.2) is 44.0 Å². The molecule has 0 aromatic rings. The van der Waals surface area contributed by atoms with Crippen LogP contribution in [0.25, 0.3) is 0 Å². The van der Waals surface area contributed by atoms with Crippen LogP contribution >= 0.6 is 0 Å². The van der Waals surface area contributed by atoms with Gasteiger partial charge in [0.2, 0.25) is 0 Å². The summed E-state index contributed by atoms with van der Waals surface area (Å²) in [6.07, 6.45) is -0.195. The topological polar surface area (TPSA) is 15.3 Å². The number of hydrogen-bond donors (Lipinski definition) is 1. The van der Waals surface area contributed by atoms with Crippen LogP contribution in [0, 0.1) is 0 Å². The van der Waals surface area contributed by atoms with Crippen molar-refractivity contribution < 1.29 is 8.78 Å². The zero-order valence-electron chi connectivity index (χ0n) is 9.39. The molecule has 2 nitrogen and oxygen atoms in total. The third-order valence-corrected chi connectivity index (χ3v) is 2.14. The molecule has 86 valence electrons. The lowest BCUT2D eigenvalue weighted by atomic mass is 10.2. The lowest BCUT2D eigenvalue weighted by Crippen LogP contribution is -2.33. The van der Waals surface area contributed by atoms with E-state index in [1.54, 1.807) is 11.9 Å². The zero-order valence-corrected chi connectivity index (χ0v) is 9.39.